The highest BCUT2D eigenvalue weighted by atomic mass is 32.2. The first-order chi connectivity index (χ1) is 15.2. The summed E-state index contributed by atoms with van der Waals surface area (Å²) >= 11 is 0. The summed E-state index contributed by atoms with van der Waals surface area (Å²) in [5.41, 5.74) is 0.772. The van der Waals surface area contributed by atoms with Gasteiger partial charge in [-0.05, 0) is 43.7 Å². The van der Waals surface area contributed by atoms with Gasteiger partial charge >= 0.3 is 5.97 Å². The molecule has 172 valence electrons. The fraction of sp³-hybridized carbons (Fsp3) is 0.391. The zero-order chi connectivity index (χ0) is 23.3. The third-order valence-electron chi connectivity index (χ3n) is 5.38. The molecular weight excluding hydrogens is 432 g/mol. The number of amides is 1. The van der Waals surface area contributed by atoms with E-state index in [1.165, 1.54) is 19.2 Å². The molecule has 2 aromatic carbocycles. The lowest BCUT2D eigenvalue weighted by Gasteiger charge is -2.27. The molecule has 8 nitrogen and oxygen atoms in total. The Morgan fingerprint density at radius 1 is 1.06 bits per heavy atom. The number of hydrogen-bond acceptors (Lipinski definition) is 6. The average Bonchev–Trinajstić information content (AvgIpc) is 2.97. The van der Waals surface area contributed by atoms with Crippen LogP contribution in [0.4, 0.5) is 0 Å². The number of sulfonamides is 1. The van der Waals surface area contributed by atoms with Gasteiger partial charge in [-0.3, -0.25) is 9.59 Å². The Hall–Kier alpha value is -2.91. The third-order valence-corrected chi connectivity index (χ3v) is 7.30. The standard InChI is InChI=1S/C23H28N2O6S/c1-17(2)24-13-14-25(32(28,29)20-11-9-19(30-3)10-12-20)21(15-22(24)26)23(27)31-16-18-7-5-4-6-8-18/h4-12,17,21H,13-16H2,1-3H3. The van der Waals surface area contributed by atoms with Crippen LogP contribution in [-0.2, 0) is 31.0 Å². The molecule has 1 unspecified atom stereocenters. The minimum atomic E-state index is -4.06. The molecule has 0 bridgehead atoms. The maximum Gasteiger partial charge on any atom is 0.325 e. The summed E-state index contributed by atoms with van der Waals surface area (Å²) in [6.45, 7) is 3.88. The van der Waals surface area contributed by atoms with Crippen molar-refractivity contribution in [2.24, 2.45) is 0 Å². The molecular formula is C23H28N2O6S. The first kappa shape index (κ1) is 23.7. The van der Waals surface area contributed by atoms with E-state index in [4.69, 9.17) is 9.47 Å². The number of rotatable bonds is 7. The van der Waals surface area contributed by atoms with E-state index in [2.05, 4.69) is 0 Å². The number of methoxy groups -OCH3 is 1. The number of carbonyl (C=O) groups excluding carboxylic acids is 2. The first-order valence-corrected chi connectivity index (χ1v) is 11.8. The largest absolute Gasteiger partial charge is 0.497 e. The van der Waals surface area contributed by atoms with Crippen LogP contribution in [0.25, 0.3) is 0 Å². The summed E-state index contributed by atoms with van der Waals surface area (Å²) in [6.07, 6.45) is -0.277. The van der Waals surface area contributed by atoms with E-state index in [9.17, 15) is 18.0 Å². The smallest absolute Gasteiger partial charge is 0.325 e. The molecule has 0 spiro atoms. The molecule has 0 saturated carbocycles. The second-order valence-electron chi connectivity index (χ2n) is 7.79. The Balaban J connectivity index is 1.91. The summed E-state index contributed by atoms with van der Waals surface area (Å²) in [5.74, 6) is -0.515. The van der Waals surface area contributed by atoms with Gasteiger partial charge in [0.1, 0.15) is 18.4 Å². The van der Waals surface area contributed by atoms with Gasteiger partial charge in [-0.1, -0.05) is 30.3 Å². The highest BCUT2D eigenvalue weighted by molar-refractivity contribution is 7.89. The second kappa shape index (κ2) is 10.1. The number of carbonyl (C=O) groups is 2. The van der Waals surface area contributed by atoms with Crippen LogP contribution in [0.3, 0.4) is 0 Å². The van der Waals surface area contributed by atoms with Crippen molar-refractivity contribution in [3.63, 3.8) is 0 Å². The second-order valence-corrected chi connectivity index (χ2v) is 9.68. The van der Waals surface area contributed by atoms with Gasteiger partial charge in [0.15, 0.2) is 0 Å². The molecule has 3 rings (SSSR count). The van der Waals surface area contributed by atoms with Crippen molar-refractivity contribution in [2.75, 3.05) is 20.2 Å². The van der Waals surface area contributed by atoms with Crippen LogP contribution < -0.4 is 4.74 Å². The van der Waals surface area contributed by atoms with Crippen molar-refractivity contribution in [3.05, 3.63) is 60.2 Å². The molecule has 1 aliphatic heterocycles. The van der Waals surface area contributed by atoms with E-state index >= 15 is 0 Å². The lowest BCUT2D eigenvalue weighted by molar-refractivity contribution is -0.151. The zero-order valence-electron chi connectivity index (χ0n) is 18.4. The molecule has 0 aromatic heterocycles. The zero-order valence-corrected chi connectivity index (χ0v) is 19.2. The highest BCUT2D eigenvalue weighted by Gasteiger charge is 2.42. The van der Waals surface area contributed by atoms with E-state index in [0.29, 0.717) is 5.75 Å². The Morgan fingerprint density at radius 3 is 2.31 bits per heavy atom. The number of nitrogens with zero attached hydrogens (tertiary/aromatic N) is 2. The average molecular weight is 461 g/mol. The maximum atomic E-state index is 13.5. The van der Waals surface area contributed by atoms with E-state index in [-0.39, 0.29) is 43.0 Å². The third kappa shape index (κ3) is 5.28. The van der Waals surface area contributed by atoms with Gasteiger partial charge in [-0.15, -0.1) is 0 Å². The van der Waals surface area contributed by atoms with Crippen molar-refractivity contribution < 1.29 is 27.5 Å². The minimum Gasteiger partial charge on any atom is -0.497 e. The van der Waals surface area contributed by atoms with Crippen LogP contribution in [-0.4, -0.2) is 61.8 Å². The van der Waals surface area contributed by atoms with E-state index in [0.717, 1.165) is 9.87 Å². The van der Waals surface area contributed by atoms with Gasteiger partial charge in [0.05, 0.1) is 18.4 Å². The normalized spacial score (nSPS) is 17.8. The molecule has 1 aliphatic rings. The lowest BCUT2D eigenvalue weighted by Crippen LogP contribution is -2.46. The summed E-state index contributed by atoms with van der Waals surface area (Å²) in [4.78, 5) is 27.4. The van der Waals surface area contributed by atoms with Gasteiger partial charge in [0.2, 0.25) is 15.9 Å². The van der Waals surface area contributed by atoms with Crippen molar-refractivity contribution in [3.8, 4) is 5.75 Å². The molecule has 32 heavy (non-hydrogen) atoms. The molecule has 0 N–H and O–H groups in total. The molecule has 2 aromatic rings. The maximum absolute atomic E-state index is 13.5. The van der Waals surface area contributed by atoms with Crippen molar-refractivity contribution >= 4 is 21.9 Å². The van der Waals surface area contributed by atoms with Crippen LogP contribution >= 0.6 is 0 Å². The fourth-order valence-corrected chi connectivity index (χ4v) is 5.18. The van der Waals surface area contributed by atoms with Crippen LogP contribution in [0.1, 0.15) is 25.8 Å². The van der Waals surface area contributed by atoms with E-state index < -0.39 is 22.0 Å². The number of esters is 1. The summed E-state index contributed by atoms with van der Waals surface area (Å²) in [7, 11) is -2.57. The van der Waals surface area contributed by atoms with Gasteiger partial charge in [0, 0.05) is 19.1 Å². The predicted molar refractivity (Wildman–Crippen MR) is 118 cm³/mol. The van der Waals surface area contributed by atoms with Crippen LogP contribution in [0.5, 0.6) is 5.75 Å². The molecule has 9 heteroatoms. The number of benzene rings is 2. The van der Waals surface area contributed by atoms with Crippen LogP contribution in [0.15, 0.2) is 59.5 Å². The molecule has 1 heterocycles. The quantitative estimate of drug-likeness (QED) is 0.589. The Morgan fingerprint density at radius 2 is 1.72 bits per heavy atom. The van der Waals surface area contributed by atoms with Crippen LogP contribution in [0, 0.1) is 0 Å². The monoisotopic (exact) mass is 460 g/mol. The molecule has 0 radical (unpaired) electrons. The van der Waals surface area contributed by atoms with E-state index in [1.54, 1.807) is 29.2 Å². The summed E-state index contributed by atoms with van der Waals surface area (Å²) in [6, 6.07) is 13.7. The van der Waals surface area contributed by atoms with Gasteiger partial charge in [-0.25, -0.2) is 8.42 Å². The number of hydrogen-bond donors (Lipinski definition) is 0. The molecule has 1 atom stereocenters. The minimum absolute atomic E-state index is 0.00528. The molecule has 1 saturated heterocycles. The first-order valence-electron chi connectivity index (χ1n) is 10.4. The van der Waals surface area contributed by atoms with Crippen LogP contribution in [0.2, 0.25) is 0 Å². The van der Waals surface area contributed by atoms with E-state index in [1.807, 2.05) is 32.0 Å². The van der Waals surface area contributed by atoms with Gasteiger partial charge < -0.3 is 14.4 Å². The SMILES string of the molecule is COc1ccc(S(=O)(=O)N2CCN(C(C)C)C(=O)CC2C(=O)OCc2ccccc2)cc1. The lowest BCUT2D eigenvalue weighted by atomic mass is 10.2. The topological polar surface area (TPSA) is 93.2 Å². The predicted octanol–water partition coefficient (Wildman–Crippen LogP) is 2.44. The Kier molecular flexibility index (Phi) is 7.52. The van der Waals surface area contributed by atoms with Crippen molar-refractivity contribution in [1.29, 1.82) is 0 Å². The van der Waals surface area contributed by atoms with Crippen molar-refractivity contribution in [1.82, 2.24) is 9.21 Å². The Bertz CT molecular complexity index is 1040. The highest BCUT2D eigenvalue weighted by Crippen LogP contribution is 2.26. The fourth-order valence-electron chi connectivity index (χ4n) is 3.61. The molecule has 0 aliphatic carbocycles. The number of ether oxygens (including phenoxy) is 2. The molecule has 1 amide bonds. The molecule has 1 fully saturated rings. The van der Waals surface area contributed by atoms with Gasteiger partial charge in [-0.2, -0.15) is 4.31 Å². The van der Waals surface area contributed by atoms with Crippen molar-refractivity contribution in [2.45, 2.75) is 43.9 Å². The Labute approximate surface area is 188 Å². The summed E-state index contributed by atoms with van der Waals surface area (Å²) < 4.78 is 38.5. The summed E-state index contributed by atoms with van der Waals surface area (Å²) in [5, 5.41) is 0. The van der Waals surface area contributed by atoms with Gasteiger partial charge in [0.25, 0.3) is 0 Å².